The van der Waals surface area contributed by atoms with Gasteiger partial charge in [0.1, 0.15) is 5.78 Å². The lowest BCUT2D eigenvalue weighted by atomic mass is 10.0. The number of benzene rings is 2. The summed E-state index contributed by atoms with van der Waals surface area (Å²) in [7, 11) is 0. The third-order valence-electron chi connectivity index (χ3n) is 4.88. The fourth-order valence-corrected chi connectivity index (χ4v) is 3.34. The van der Waals surface area contributed by atoms with Crippen LogP contribution in [0.25, 0.3) is 0 Å². The Morgan fingerprint density at radius 3 is 2.21 bits per heavy atom. The zero-order valence-electron chi connectivity index (χ0n) is 17.3. The number of aryl methyl sites for hydroxylation is 1. The number of nitrogens with one attached hydrogen (secondary N) is 1. The van der Waals surface area contributed by atoms with Gasteiger partial charge >= 0.3 is 0 Å². The second kappa shape index (κ2) is 12.1. The molecule has 0 heterocycles. The largest absolute Gasteiger partial charge is 0.326 e. The van der Waals surface area contributed by atoms with Crippen molar-refractivity contribution >= 4 is 17.4 Å². The van der Waals surface area contributed by atoms with Gasteiger partial charge in [0.2, 0.25) is 5.91 Å². The number of ketones is 1. The first-order valence-corrected chi connectivity index (χ1v) is 10.5. The molecule has 28 heavy (non-hydrogen) atoms. The van der Waals surface area contributed by atoms with Crippen LogP contribution in [-0.4, -0.2) is 11.7 Å². The summed E-state index contributed by atoms with van der Waals surface area (Å²) in [5.41, 5.74) is 4.01. The predicted molar refractivity (Wildman–Crippen MR) is 117 cm³/mol. The highest BCUT2D eigenvalue weighted by molar-refractivity contribution is 5.90. The first kappa shape index (κ1) is 21.9. The Hall–Kier alpha value is -2.42. The Balaban J connectivity index is 1.72. The van der Waals surface area contributed by atoms with Gasteiger partial charge in [0.05, 0.1) is 0 Å². The zero-order valence-corrected chi connectivity index (χ0v) is 17.3. The second-order valence-corrected chi connectivity index (χ2v) is 7.64. The number of hydrogen-bond donors (Lipinski definition) is 1. The Kier molecular flexibility index (Phi) is 9.47. The van der Waals surface area contributed by atoms with E-state index in [2.05, 4.69) is 18.3 Å². The lowest BCUT2D eigenvalue weighted by Crippen LogP contribution is -2.11. The summed E-state index contributed by atoms with van der Waals surface area (Å²) in [6.07, 6.45) is 8.52. The van der Waals surface area contributed by atoms with Gasteiger partial charge in [0.15, 0.2) is 0 Å². The van der Waals surface area contributed by atoms with Crippen LogP contribution in [-0.2, 0) is 22.4 Å². The molecule has 0 saturated carbocycles. The van der Waals surface area contributed by atoms with Crippen molar-refractivity contribution in [1.29, 1.82) is 0 Å². The van der Waals surface area contributed by atoms with Crippen LogP contribution in [0.3, 0.4) is 0 Å². The lowest BCUT2D eigenvalue weighted by Gasteiger charge is -2.07. The molecule has 0 aromatic heterocycles. The predicted octanol–water partition coefficient (Wildman–Crippen LogP) is 6.04. The van der Waals surface area contributed by atoms with Crippen molar-refractivity contribution in [3.63, 3.8) is 0 Å². The summed E-state index contributed by atoms with van der Waals surface area (Å²) < 4.78 is 0. The van der Waals surface area contributed by atoms with Gasteiger partial charge in [0, 0.05) is 24.9 Å². The SMILES string of the molecule is CCCCCCCCC(=O)Nc1ccc(CC(=O)Cc2cccc(C)c2)cc1. The number of carbonyl (C=O) groups is 2. The molecule has 2 aromatic carbocycles. The lowest BCUT2D eigenvalue weighted by molar-refractivity contribution is -0.118. The maximum Gasteiger partial charge on any atom is 0.224 e. The molecule has 0 bridgehead atoms. The average molecular weight is 380 g/mol. The van der Waals surface area contributed by atoms with Crippen molar-refractivity contribution in [3.05, 3.63) is 65.2 Å². The molecule has 1 amide bonds. The van der Waals surface area contributed by atoms with Gasteiger partial charge in [0.25, 0.3) is 0 Å². The minimum Gasteiger partial charge on any atom is -0.326 e. The van der Waals surface area contributed by atoms with E-state index in [9.17, 15) is 9.59 Å². The Bertz CT molecular complexity index is 749. The highest BCUT2D eigenvalue weighted by atomic mass is 16.1. The molecular formula is C25H33NO2. The van der Waals surface area contributed by atoms with E-state index >= 15 is 0 Å². The van der Waals surface area contributed by atoms with E-state index in [1.807, 2.05) is 49.4 Å². The molecular weight excluding hydrogens is 346 g/mol. The van der Waals surface area contributed by atoms with Crippen LogP contribution in [0.4, 0.5) is 5.69 Å². The van der Waals surface area contributed by atoms with Crippen LogP contribution in [0.1, 0.15) is 68.6 Å². The molecule has 3 heteroatoms. The van der Waals surface area contributed by atoms with Crippen LogP contribution >= 0.6 is 0 Å². The maximum absolute atomic E-state index is 12.3. The summed E-state index contributed by atoms with van der Waals surface area (Å²) in [5.74, 6) is 0.268. The van der Waals surface area contributed by atoms with Crippen molar-refractivity contribution < 1.29 is 9.59 Å². The molecule has 0 saturated heterocycles. The fourth-order valence-electron chi connectivity index (χ4n) is 3.34. The number of Topliss-reactive ketones (excluding diaryl/α,β-unsaturated/α-hetero) is 1. The summed E-state index contributed by atoms with van der Waals surface area (Å²) in [4.78, 5) is 24.3. The average Bonchev–Trinajstić information content (AvgIpc) is 2.66. The Morgan fingerprint density at radius 1 is 0.821 bits per heavy atom. The quantitative estimate of drug-likeness (QED) is 0.457. The molecule has 0 aliphatic rings. The van der Waals surface area contributed by atoms with Crippen molar-refractivity contribution in [3.8, 4) is 0 Å². The number of unbranched alkanes of at least 4 members (excludes halogenated alkanes) is 5. The number of carbonyl (C=O) groups excluding carboxylic acids is 2. The summed E-state index contributed by atoms with van der Waals surface area (Å²) in [5, 5.41) is 2.95. The minimum atomic E-state index is 0.0683. The molecule has 0 radical (unpaired) electrons. The van der Waals surface area contributed by atoms with Crippen molar-refractivity contribution in [2.45, 2.75) is 71.6 Å². The van der Waals surface area contributed by atoms with Crippen LogP contribution in [0.5, 0.6) is 0 Å². The van der Waals surface area contributed by atoms with Gasteiger partial charge in [-0.25, -0.2) is 0 Å². The molecule has 150 valence electrons. The van der Waals surface area contributed by atoms with Crippen LogP contribution in [0.15, 0.2) is 48.5 Å². The Morgan fingerprint density at radius 2 is 1.50 bits per heavy atom. The molecule has 3 nitrogen and oxygen atoms in total. The smallest absolute Gasteiger partial charge is 0.224 e. The van der Waals surface area contributed by atoms with E-state index in [1.54, 1.807) is 0 Å². The highest BCUT2D eigenvalue weighted by Crippen LogP contribution is 2.13. The molecule has 1 N–H and O–H groups in total. The third-order valence-corrected chi connectivity index (χ3v) is 4.88. The summed E-state index contributed by atoms with van der Waals surface area (Å²) >= 11 is 0. The normalized spacial score (nSPS) is 10.6. The van der Waals surface area contributed by atoms with E-state index in [0.29, 0.717) is 19.3 Å². The van der Waals surface area contributed by atoms with Gasteiger partial charge in [-0.2, -0.15) is 0 Å². The number of amides is 1. The van der Waals surface area contributed by atoms with Crippen LogP contribution < -0.4 is 5.32 Å². The number of rotatable bonds is 12. The van der Waals surface area contributed by atoms with E-state index in [0.717, 1.165) is 29.7 Å². The van der Waals surface area contributed by atoms with E-state index in [1.165, 1.54) is 31.2 Å². The highest BCUT2D eigenvalue weighted by Gasteiger charge is 2.07. The van der Waals surface area contributed by atoms with E-state index < -0.39 is 0 Å². The minimum absolute atomic E-state index is 0.0683. The molecule has 0 aliphatic carbocycles. The van der Waals surface area contributed by atoms with Crippen molar-refractivity contribution in [1.82, 2.24) is 0 Å². The zero-order chi connectivity index (χ0) is 20.2. The standard InChI is InChI=1S/C25H33NO2/c1-3-4-5-6-7-8-12-25(28)26-23-15-13-21(14-16-23)18-24(27)19-22-11-9-10-20(2)17-22/h9-11,13-17H,3-8,12,18-19H2,1-2H3,(H,26,28). The molecule has 0 unspecified atom stereocenters. The number of hydrogen-bond acceptors (Lipinski definition) is 2. The molecule has 2 rings (SSSR count). The number of anilines is 1. The van der Waals surface area contributed by atoms with E-state index in [4.69, 9.17) is 0 Å². The van der Waals surface area contributed by atoms with E-state index in [-0.39, 0.29) is 11.7 Å². The first-order valence-electron chi connectivity index (χ1n) is 10.5. The molecule has 0 spiro atoms. The van der Waals surface area contributed by atoms with Crippen LogP contribution in [0.2, 0.25) is 0 Å². The third kappa shape index (κ3) is 8.51. The fraction of sp³-hybridized carbons (Fsp3) is 0.440. The van der Waals surface area contributed by atoms with Gasteiger partial charge in [-0.15, -0.1) is 0 Å². The van der Waals surface area contributed by atoms with Gasteiger partial charge in [-0.1, -0.05) is 81.0 Å². The first-order chi connectivity index (χ1) is 13.6. The molecule has 2 aromatic rings. The topological polar surface area (TPSA) is 46.2 Å². The summed E-state index contributed by atoms with van der Waals surface area (Å²) in [6, 6.07) is 15.7. The Labute approximate surface area is 169 Å². The monoisotopic (exact) mass is 379 g/mol. The van der Waals surface area contributed by atoms with Gasteiger partial charge in [-0.05, 0) is 36.6 Å². The van der Waals surface area contributed by atoms with Crippen molar-refractivity contribution in [2.24, 2.45) is 0 Å². The maximum atomic E-state index is 12.3. The second-order valence-electron chi connectivity index (χ2n) is 7.64. The van der Waals surface area contributed by atoms with Gasteiger partial charge < -0.3 is 5.32 Å². The van der Waals surface area contributed by atoms with Gasteiger partial charge in [-0.3, -0.25) is 9.59 Å². The molecule has 0 atom stereocenters. The van der Waals surface area contributed by atoms with Crippen molar-refractivity contribution in [2.75, 3.05) is 5.32 Å². The summed E-state index contributed by atoms with van der Waals surface area (Å²) in [6.45, 7) is 4.24. The van der Waals surface area contributed by atoms with Crippen LogP contribution in [0, 0.1) is 6.92 Å². The molecule has 0 fully saturated rings. The molecule has 0 aliphatic heterocycles.